The summed E-state index contributed by atoms with van der Waals surface area (Å²) >= 11 is 3.14. The van der Waals surface area contributed by atoms with Crippen LogP contribution in [-0.2, 0) is 14.3 Å². The number of carboxylic acid groups (broad SMARTS) is 1. The van der Waals surface area contributed by atoms with Crippen LogP contribution in [0.4, 0.5) is 0 Å². The molecule has 0 aliphatic heterocycles. The number of hydrogen-bond donors (Lipinski definition) is 1. The van der Waals surface area contributed by atoms with Gasteiger partial charge in [-0.05, 0) is 15.9 Å². The van der Waals surface area contributed by atoms with Gasteiger partial charge in [0.2, 0.25) is 0 Å². The second kappa shape index (κ2) is 5.50. The summed E-state index contributed by atoms with van der Waals surface area (Å²) in [6, 6.07) is 8.98. The topological polar surface area (TPSA) is 63.6 Å². The highest BCUT2D eigenvalue weighted by atomic mass is 79.9. The third-order valence-electron chi connectivity index (χ3n) is 1.59. The maximum atomic E-state index is 11.0. The molecule has 0 spiro atoms. The van der Waals surface area contributed by atoms with Crippen LogP contribution in [0.15, 0.2) is 30.3 Å². The Morgan fingerprint density at radius 2 is 1.93 bits per heavy atom. The molecule has 4 nitrogen and oxygen atoms in total. The van der Waals surface area contributed by atoms with Crippen LogP contribution in [0.2, 0.25) is 0 Å². The molecular formula is C10H9BrO4. The van der Waals surface area contributed by atoms with Gasteiger partial charge in [-0.1, -0.05) is 30.3 Å². The van der Waals surface area contributed by atoms with Crippen LogP contribution in [0.5, 0.6) is 0 Å². The molecule has 0 radical (unpaired) electrons. The predicted molar refractivity (Wildman–Crippen MR) is 56.5 cm³/mol. The summed E-state index contributed by atoms with van der Waals surface area (Å²) in [6.07, 6.45) is -0.630. The molecule has 0 heterocycles. The zero-order valence-corrected chi connectivity index (χ0v) is 9.31. The van der Waals surface area contributed by atoms with Gasteiger partial charge in [-0.2, -0.15) is 0 Å². The molecule has 15 heavy (non-hydrogen) atoms. The highest BCUT2D eigenvalue weighted by Crippen LogP contribution is 2.23. The van der Waals surface area contributed by atoms with Crippen LogP contribution >= 0.6 is 15.9 Å². The Labute approximate surface area is 95.0 Å². The first-order valence-electron chi connectivity index (χ1n) is 4.20. The van der Waals surface area contributed by atoms with Crippen molar-refractivity contribution in [2.45, 2.75) is 11.4 Å². The molecule has 0 amide bonds. The fraction of sp³-hybridized carbons (Fsp3) is 0.200. The summed E-state index contributed by atoms with van der Waals surface area (Å²) in [5.41, 5.74) is 0.760. The van der Waals surface area contributed by atoms with Gasteiger partial charge in [0.15, 0.2) is 5.01 Å². The predicted octanol–water partition coefficient (Wildman–Crippen LogP) is 2.10. The van der Waals surface area contributed by atoms with Crippen LogP contribution in [0.25, 0.3) is 0 Å². The van der Waals surface area contributed by atoms with Crippen molar-refractivity contribution >= 4 is 27.9 Å². The Morgan fingerprint density at radius 1 is 1.33 bits per heavy atom. The zero-order chi connectivity index (χ0) is 11.3. The lowest BCUT2D eigenvalue weighted by atomic mass is 10.2. The number of halogens is 1. The number of hydrogen-bond acceptors (Lipinski definition) is 3. The zero-order valence-electron chi connectivity index (χ0n) is 7.72. The lowest BCUT2D eigenvalue weighted by molar-refractivity contribution is -0.152. The summed E-state index contributed by atoms with van der Waals surface area (Å²) in [4.78, 5) is 21.2. The summed E-state index contributed by atoms with van der Waals surface area (Å²) in [7, 11) is 0. The molecule has 0 aliphatic carbocycles. The van der Waals surface area contributed by atoms with Crippen LogP contribution in [0.3, 0.4) is 0 Å². The number of carboxylic acids is 1. The minimum absolute atomic E-state index is 0.606. The highest BCUT2D eigenvalue weighted by molar-refractivity contribution is 9.09. The number of carbonyl (C=O) groups is 2. The van der Waals surface area contributed by atoms with Gasteiger partial charge in [0.1, 0.15) is 6.42 Å². The molecule has 1 N–H and O–H groups in total. The minimum Gasteiger partial charge on any atom is -0.481 e. The van der Waals surface area contributed by atoms with E-state index in [4.69, 9.17) is 9.84 Å². The molecule has 0 saturated carbocycles. The minimum atomic E-state index is -1.20. The lowest BCUT2D eigenvalue weighted by Gasteiger charge is -2.10. The molecule has 1 rings (SSSR count). The number of aliphatic carboxylic acids is 1. The molecule has 5 heteroatoms. The third kappa shape index (κ3) is 4.12. The average molecular weight is 273 g/mol. The Kier molecular flexibility index (Phi) is 4.30. The van der Waals surface area contributed by atoms with Gasteiger partial charge in [-0.25, -0.2) is 0 Å². The number of ether oxygens (including phenoxy) is 1. The van der Waals surface area contributed by atoms with Crippen molar-refractivity contribution in [3.05, 3.63) is 35.9 Å². The molecule has 0 saturated heterocycles. The smallest absolute Gasteiger partial charge is 0.318 e. The van der Waals surface area contributed by atoms with E-state index in [2.05, 4.69) is 15.9 Å². The molecule has 1 aromatic carbocycles. The van der Waals surface area contributed by atoms with E-state index in [9.17, 15) is 9.59 Å². The van der Waals surface area contributed by atoms with Gasteiger partial charge in [0.05, 0.1) is 0 Å². The van der Waals surface area contributed by atoms with E-state index < -0.39 is 23.4 Å². The first kappa shape index (κ1) is 11.7. The van der Waals surface area contributed by atoms with E-state index in [1.807, 2.05) is 6.07 Å². The van der Waals surface area contributed by atoms with Crippen LogP contribution in [-0.4, -0.2) is 17.0 Å². The van der Waals surface area contributed by atoms with E-state index >= 15 is 0 Å². The number of rotatable bonds is 4. The highest BCUT2D eigenvalue weighted by Gasteiger charge is 2.15. The van der Waals surface area contributed by atoms with Crippen LogP contribution in [0.1, 0.15) is 17.0 Å². The summed E-state index contributed by atoms with van der Waals surface area (Å²) in [6.45, 7) is 0. The molecule has 0 fully saturated rings. The molecule has 1 unspecified atom stereocenters. The summed E-state index contributed by atoms with van der Waals surface area (Å²) in [5.74, 6) is -1.97. The van der Waals surface area contributed by atoms with Crippen molar-refractivity contribution in [1.29, 1.82) is 0 Å². The number of alkyl halides is 1. The maximum absolute atomic E-state index is 11.0. The van der Waals surface area contributed by atoms with Crippen LogP contribution in [0, 0.1) is 0 Å². The Morgan fingerprint density at radius 3 is 2.47 bits per heavy atom. The fourth-order valence-electron chi connectivity index (χ4n) is 0.953. The Bertz CT molecular complexity index is 350. The lowest BCUT2D eigenvalue weighted by Crippen LogP contribution is -2.11. The molecular weight excluding hydrogens is 264 g/mol. The molecule has 80 valence electrons. The Balaban J connectivity index is 2.53. The SMILES string of the molecule is O=C(O)CC(=O)OC(Br)c1ccccc1. The van der Waals surface area contributed by atoms with Crippen molar-refractivity contribution < 1.29 is 19.4 Å². The standard InChI is InChI=1S/C10H9BrO4/c11-10(7-4-2-1-3-5-7)15-9(14)6-8(12)13/h1-5,10H,6H2,(H,12,13). The summed E-state index contributed by atoms with van der Waals surface area (Å²) in [5, 5.41) is 7.75. The molecule has 0 aliphatic rings. The molecule has 1 atom stereocenters. The van der Waals surface area contributed by atoms with Gasteiger partial charge in [-0.15, -0.1) is 0 Å². The van der Waals surface area contributed by atoms with E-state index in [1.165, 1.54) is 0 Å². The van der Waals surface area contributed by atoms with Gasteiger partial charge in [0, 0.05) is 5.56 Å². The number of carbonyl (C=O) groups excluding carboxylic acids is 1. The van der Waals surface area contributed by atoms with Gasteiger partial charge in [0.25, 0.3) is 0 Å². The number of esters is 1. The van der Waals surface area contributed by atoms with E-state index in [0.29, 0.717) is 0 Å². The largest absolute Gasteiger partial charge is 0.481 e. The van der Waals surface area contributed by atoms with Crippen LogP contribution < -0.4 is 0 Å². The fourth-order valence-corrected chi connectivity index (χ4v) is 1.47. The first-order chi connectivity index (χ1) is 7.09. The second-order valence-electron chi connectivity index (χ2n) is 2.79. The van der Waals surface area contributed by atoms with Crippen molar-refractivity contribution in [3.63, 3.8) is 0 Å². The van der Waals surface area contributed by atoms with Gasteiger partial charge >= 0.3 is 11.9 Å². The second-order valence-corrected chi connectivity index (χ2v) is 3.62. The van der Waals surface area contributed by atoms with Gasteiger partial charge < -0.3 is 9.84 Å². The molecule has 0 bridgehead atoms. The molecule has 1 aromatic rings. The quantitative estimate of drug-likeness (QED) is 0.518. The van der Waals surface area contributed by atoms with Gasteiger partial charge in [-0.3, -0.25) is 9.59 Å². The first-order valence-corrected chi connectivity index (χ1v) is 5.11. The monoisotopic (exact) mass is 272 g/mol. The van der Waals surface area contributed by atoms with Crippen molar-refractivity contribution in [1.82, 2.24) is 0 Å². The van der Waals surface area contributed by atoms with E-state index in [0.717, 1.165) is 5.56 Å². The Hall–Kier alpha value is -1.36. The number of benzene rings is 1. The van der Waals surface area contributed by atoms with E-state index in [-0.39, 0.29) is 0 Å². The van der Waals surface area contributed by atoms with E-state index in [1.54, 1.807) is 24.3 Å². The average Bonchev–Trinajstić information content (AvgIpc) is 2.17. The summed E-state index contributed by atoms with van der Waals surface area (Å²) < 4.78 is 4.84. The van der Waals surface area contributed by atoms with Crippen molar-refractivity contribution in [2.24, 2.45) is 0 Å². The third-order valence-corrected chi connectivity index (χ3v) is 2.31. The normalized spacial score (nSPS) is 11.8. The van der Waals surface area contributed by atoms with Crippen molar-refractivity contribution in [2.75, 3.05) is 0 Å². The maximum Gasteiger partial charge on any atom is 0.318 e. The molecule has 0 aromatic heterocycles. The van der Waals surface area contributed by atoms with Crippen molar-refractivity contribution in [3.8, 4) is 0 Å².